The van der Waals surface area contributed by atoms with Crippen molar-refractivity contribution in [2.45, 2.75) is 11.3 Å². The fourth-order valence-electron chi connectivity index (χ4n) is 1.86. The molecule has 0 spiro atoms. The lowest BCUT2D eigenvalue weighted by molar-refractivity contribution is 0.472. The number of anilines is 1. The second-order valence-electron chi connectivity index (χ2n) is 4.61. The fourth-order valence-corrected chi connectivity index (χ4v) is 3.15. The van der Waals surface area contributed by atoms with Crippen LogP contribution in [-0.2, 0) is 16.4 Å². The van der Waals surface area contributed by atoms with Gasteiger partial charge in [0.05, 0.1) is 5.69 Å². The van der Waals surface area contributed by atoms with Crippen LogP contribution in [0.3, 0.4) is 0 Å². The fraction of sp³-hybridized carbons (Fsp3) is 0.214. The quantitative estimate of drug-likeness (QED) is 0.852. The van der Waals surface area contributed by atoms with Crippen molar-refractivity contribution in [2.24, 2.45) is 0 Å². The number of rotatable bonds is 5. The topological polar surface area (TPSA) is 76.3 Å². The molecule has 7 heteroatoms. The van der Waals surface area contributed by atoms with E-state index in [1.165, 1.54) is 17.4 Å². The standard InChI is InChI=1S/C14H16FN3O2S/c1-18(9-6-11-4-7-17-8-5-11)21(19,20)14-10-12(15)2-3-13(14)16/h2-5,7-8,10H,6,9,16H2,1H3. The van der Waals surface area contributed by atoms with Crippen molar-refractivity contribution in [3.8, 4) is 0 Å². The summed E-state index contributed by atoms with van der Waals surface area (Å²) in [5.74, 6) is -0.634. The van der Waals surface area contributed by atoms with E-state index >= 15 is 0 Å². The number of benzene rings is 1. The Morgan fingerprint density at radius 3 is 2.57 bits per heavy atom. The molecule has 0 fully saturated rings. The molecule has 2 N–H and O–H groups in total. The number of sulfonamides is 1. The normalized spacial score (nSPS) is 11.8. The van der Waals surface area contributed by atoms with E-state index in [2.05, 4.69) is 4.98 Å². The van der Waals surface area contributed by atoms with Gasteiger partial charge in [0.25, 0.3) is 0 Å². The van der Waals surface area contributed by atoms with Gasteiger partial charge in [0.15, 0.2) is 0 Å². The third-order valence-corrected chi connectivity index (χ3v) is 5.04. The van der Waals surface area contributed by atoms with Crippen molar-refractivity contribution in [1.82, 2.24) is 9.29 Å². The van der Waals surface area contributed by atoms with Crippen LogP contribution in [0.1, 0.15) is 5.56 Å². The molecule has 1 aromatic carbocycles. The molecule has 0 saturated heterocycles. The van der Waals surface area contributed by atoms with Crippen molar-refractivity contribution in [3.63, 3.8) is 0 Å². The first-order valence-corrected chi connectivity index (χ1v) is 7.75. The van der Waals surface area contributed by atoms with Crippen molar-refractivity contribution in [1.29, 1.82) is 0 Å². The Morgan fingerprint density at radius 2 is 1.90 bits per heavy atom. The zero-order valence-electron chi connectivity index (χ0n) is 11.5. The molecular formula is C14H16FN3O2S. The smallest absolute Gasteiger partial charge is 0.244 e. The molecule has 1 aromatic heterocycles. The largest absolute Gasteiger partial charge is 0.398 e. The van der Waals surface area contributed by atoms with Gasteiger partial charge in [-0.2, -0.15) is 0 Å². The van der Waals surface area contributed by atoms with Crippen LogP contribution in [0.4, 0.5) is 10.1 Å². The van der Waals surface area contributed by atoms with E-state index in [0.717, 1.165) is 17.7 Å². The van der Waals surface area contributed by atoms with Crippen LogP contribution in [0.25, 0.3) is 0 Å². The molecule has 0 aliphatic rings. The first-order valence-electron chi connectivity index (χ1n) is 6.31. The van der Waals surface area contributed by atoms with Crippen LogP contribution >= 0.6 is 0 Å². The molecule has 2 aromatic rings. The molecule has 0 atom stereocenters. The van der Waals surface area contributed by atoms with Crippen LogP contribution < -0.4 is 5.73 Å². The summed E-state index contributed by atoms with van der Waals surface area (Å²) in [6.45, 7) is 0.266. The van der Waals surface area contributed by atoms with Gasteiger partial charge in [0, 0.05) is 26.0 Å². The molecule has 0 aliphatic carbocycles. The van der Waals surface area contributed by atoms with Gasteiger partial charge in [-0.25, -0.2) is 17.1 Å². The van der Waals surface area contributed by atoms with E-state index in [9.17, 15) is 12.8 Å². The van der Waals surface area contributed by atoms with Gasteiger partial charge in [-0.1, -0.05) is 0 Å². The SMILES string of the molecule is CN(CCc1ccncc1)S(=O)(=O)c1cc(F)ccc1N. The van der Waals surface area contributed by atoms with Gasteiger partial charge in [-0.15, -0.1) is 0 Å². The highest BCUT2D eigenvalue weighted by Gasteiger charge is 2.23. The van der Waals surface area contributed by atoms with E-state index in [1.54, 1.807) is 12.4 Å². The highest BCUT2D eigenvalue weighted by molar-refractivity contribution is 7.89. The van der Waals surface area contributed by atoms with Crippen molar-refractivity contribution < 1.29 is 12.8 Å². The van der Waals surface area contributed by atoms with Crippen LogP contribution in [0.2, 0.25) is 0 Å². The summed E-state index contributed by atoms with van der Waals surface area (Å²) >= 11 is 0. The average molecular weight is 309 g/mol. The first kappa shape index (κ1) is 15.4. The van der Waals surface area contributed by atoms with Gasteiger partial charge < -0.3 is 5.73 Å². The Kier molecular flexibility index (Phi) is 4.54. The van der Waals surface area contributed by atoms with Crippen LogP contribution in [-0.4, -0.2) is 31.3 Å². The summed E-state index contributed by atoms with van der Waals surface area (Å²) in [4.78, 5) is 3.69. The maximum absolute atomic E-state index is 13.2. The molecule has 0 saturated carbocycles. The van der Waals surface area contributed by atoms with Gasteiger partial charge in [-0.3, -0.25) is 4.98 Å². The second-order valence-corrected chi connectivity index (χ2v) is 6.63. The molecule has 0 aliphatic heterocycles. The number of aromatic nitrogens is 1. The lowest BCUT2D eigenvalue weighted by Gasteiger charge is -2.18. The zero-order valence-corrected chi connectivity index (χ0v) is 12.3. The minimum atomic E-state index is -3.81. The highest BCUT2D eigenvalue weighted by Crippen LogP contribution is 2.22. The number of likely N-dealkylation sites (N-methyl/N-ethyl adjacent to an activating group) is 1. The lowest BCUT2D eigenvalue weighted by atomic mass is 10.2. The zero-order chi connectivity index (χ0) is 15.5. The summed E-state index contributed by atoms with van der Waals surface area (Å²) < 4.78 is 39.2. The molecule has 0 unspecified atom stereocenters. The minimum Gasteiger partial charge on any atom is -0.398 e. The Hall–Kier alpha value is -1.99. The Balaban J connectivity index is 2.17. The Bertz CT molecular complexity index is 720. The van der Waals surface area contributed by atoms with Crippen molar-refractivity contribution in [2.75, 3.05) is 19.3 Å². The number of pyridine rings is 1. The molecule has 2 rings (SSSR count). The monoisotopic (exact) mass is 309 g/mol. The van der Waals surface area contributed by atoms with Crippen LogP contribution in [0, 0.1) is 5.82 Å². The number of nitrogens with zero attached hydrogens (tertiary/aromatic N) is 2. The van der Waals surface area contributed by atoms with Gasteiger partial charge >= 0.3 is 0 Å². The molecule has 1 heterocycles. The summed E-state index contributed by atoms with van der Waals surface area (Å²) in [7, 11) is -2.36. The molecule has 5 nitrogen and oxygen atoms in total. The van der Waals surface area contributed by atoms with E-state index in [4.69, 9.17) is 5.73 Å². The van der Waals surface area contributed by atoms with E-state index in [0.29, 0.717) is 6.42 Å². The molecule has 21 heavy (non-hydrogen) atoms. The molecule has 0 amide bonds. The second kappa shape index (κ2) is 6.19. The molecular weight excluding hydrogens is 293 g/mol. The maximum atomic E-state index is 13.2. The molecule has 112 valence electrons. The van der Waals surface area contributed by atoms with E-state index in [-0.39, 0.29) is 17.1 Å². The Labute approximate surface area is 123 Å². The third kappa shape index (κ3) is 3.56. The maximum Gasteiger partial charge on any atom is 0.244 e. The predicted molar refractivity (Wildman–Crippen MR) is 78.6 cm³/mol. The van der Waals surface area contributed by atoms with Gasteiger partial charge in [0.2, 0.25) is 10.0 Å². The number of nitrogen functional groups attached to an aromatic ring is 1. The summed E-state index contributed by atoms with van der Waals surface area (Å²) in [6.07, 6.45) is 3.83. The first-order chi connectivity index (χ1) is 9.91. The van der Waals surface area contributed by atoms with Crippen molar-refractivity contribution >= 4 is 15.7 Å². The lowest BCUT2D eigenvalue weighted by Crippen LogP contribution is -2.29. The predicted octanol–water partition coefficient (Wildman–Crippen LogP) is 1.67. The Morgan fingerprint density at radius 1 is 1.24 bits per heavy atom. The van der Waals surface area contributed by atoms with Gasteiger partial charge in [0.1, 0.15) is 10.7 Å². The van der Waals surface area contributed by atoms with Crippen molar-refractivity contribution in [3.05, 3.63) is 54.1 Å². The number of halogens is 1. The van der Waals surface area contributed by atoms with E-state index < -0.39 is 15.8 Å². The summed E-state index contributed by atoms with van der Waals surface area (Å²) in [5.41, 5.74) is 6.65. The number of nitrogens with two attached hydrogens (primary N) is 1. The summed E-state index contributed by atoms with van der Waals surface area (Å²) in [5, 5.41) is 0. The third-order valence-electron chi connectivity index (χ3n) is 3.13. The minimum absolute atomic E-state index is 0.0344. The average Bonchev–Trinajstić information content (AvgIpc) is 2.48. The highest BCUT2D eigenvalue weighted by atomic mass is 32.2. The van der Waals surface area contributed by atoms with E-state index in [1.807, 2.05) is 12.1 Å². The number of hydrogen-bond donors (Lipinski definition) is 1. The van der Waals surface area contributed by atoms with Crippen LogP contribution in [0.5, 0.6) is 0 Å². The van der Waals surface area contributed by atoms with Crippen LogP contribution in [0.15, 0.2) is 47.6 Å². The number of hydrogen-bond acceptors (Lipinski definition) is 4. The van der Waals surface area contributed by atoms with Gasteiger partial charge in [-0.05, 0) is 42.3 Å². The summed E-state index contributed by atoms with van der Waals surface area (Å²) in [6, 6.07) is 6.95. The molecule has 0 radical (unpaired) electrons. The molecule has 0 bridgehead atoms.